The number of anilines is 3. The molecule has 1 fully saturated rings. The van der Waals surface area contributed by atoms with Crippen LogP contribution in [0.2, 0.25) is 0 Å². The molecule has 12 nitrogen and oxygen atoms in total. The zero-order valence-corrected chi connectivity index (χ0v) is 17.8. The SMILES string of the molecule is COc1ccccc1C(=O)NNc1ncnc(N2CCN(c3ccccn3)CC2)c1[N+](=O)[O-]. The Bertz CT molecular complexity index is 1140. The number of hydrogen-bond acceptors (Lipinski definition) is 10. The maximum Gasteiger partial charge on any atom is 0.355 e. The number of rotatable bonds is 7. The Labute approximate surface area is 189 Å². The van der Waals surface area contributed by atoms with Gasteiger partial charge in [0.05, 0.1) is 17.6 Å². The van der Waals surface area contributed by atoms with E-state index in [9.17, 15) is 14.9 Å². The number of piperazine rings is 1. The maximum absolute atomic E-state index is 12.5. The van der Waals surface area contributed by atoms with Crippen molar-refractivity contribution in [3.8, 4) is 5.75 Å². The van der Waals surface area contributed by atoms with Gasteiger partial charge in [-0.3, -0.25) is 25.8 Å². The van der Waals surface area contributed by atoms with E-state index in [4.69, 9.17) is 4.74 Å². The number of benzene rings is 1. The minimum Gasteiger partial charge on any atom is -0.496 e. The van der Waals surface area contributed by atoms with Gasteiger partial charge in [0.1, 0.15) is 17.9 Å². The van der Waals surface area contributed by atoms with Crippen LogP contribution in [0.3, 0.4) is 0 Å². The molecule has 0 spiro atoms. The first-order valence-corrected chi connectivity index (χ1v) is 10.2. The van der Waals surface area contributed by atoms with Crippen LogP contribution in [0.15, 0.2) is 55.0 Å². The molecule has 1 aromatic carbocycles. The Morgan fingerprint density at radius 3 is 2.45 bits per heavy atom. The molecule has 3 heterocycles. The zero-order valence-electron chi connectivity index (χ0n) is 17.8. The molecule has 0 aliphatic carbocycles. The number of amides is 1. The van der Waals surface area contributed by atoms with Crippen LogP contribution in [0.1, 0.15) is 10.4 Å². The summed E-state index contributed by atoms with van der Waals surface area (Å²) in [4.78, 5) is 40.3. The predicted molar refractivity (Wildman–Crippen MR) is 121 cm³/mol. The topological polar surface area (TPSA) is 139 Å². The number of pyridine rings is 1. The maximum atomic E-state index is 12.5. The van der Waals surface area contributed by atoms with E-state index in [-0.39, 0.29) is 22.9 Å². The van der Waals surface area contributed by atoms with E-state index in [0.29, 0.717) is 31.9 Å². The lowest BCUT2D eigenvalue weighted by Gasteiger charge is -2.35. The summed E-state index contributed by atoms with van der Waals surface area (Å²) in [6, 6.07) is 12.3. The van der Waals surface area contributed by atoms with E-state index >= 15 is 0 Å². The van der Waals surface area contributed by atoms with Crippen molar-refractivity contribution in [1.29, 1.82) is 0 Å². The van der Waals surface area contributed by atoms with Gasteiger partial charge in [-0.05, 0) is 24.3 Å². The highest BCUT2D eigenvalue weighted by Crippen LogP contribution is 2.32. The Morgan fingerprint density at radius 2 is 1.76 bits per heavy atom. The molecule has 2 aromatic heterocycles. The monoisotopic (exact) mass is 450 g/mol. The molecule has 12 heteroatoms. The largest absolute Gasteiger partial charge is 0.496 e. The highest BCUT2D eigenvalue weighted by atomic mass is 16.6. The van der Waals surface area contributed by atoms with Gasteiger partial charge in [-0.2, -0.15) is 0 Å². The Balaban J connectivity index is 1.49. The smallest absolute Gasteiger partial charge is 0.355 e. The second-order valence-electron chi connectivity index (χ2n) is 7.09. The molecule has 0 radical (unpaired) electrons. The summed E-state index contributed by atoms with van der Waals surface area (Å²) in [7, 11) is 1.45. The first-order valence-electron chi connectivity index (χ1n) is 10.2. The van der Waals surface area contributed by atoms with Crippen molar-refractivity contribution in [2.24, 2.45) is 0 Å². The Hall–Kier alpha value is -4.48. The number of carbonyl (C=O) groups excluding carboxylic acids is 1. The number of para-hydroxylation sites is 1. The van der Waals surface area contributed by atoms with Crippen LogP contribution in [0.4, 0.5) is 23.1 Å². The number of nitro groups is 1. The van der Waals surface area contributed by atoms with Crippen molar-refractivity contribution in [3.63, 3.8) is 0 Å². The number of nitrogens with zero attached hydrogens (tertiary/aromatic N) is 6. The number of methoxy groups -OCH3 is 1. The van der Waals surface area contributed by atoms with Gasteiger partial charge >= 0.3 is 5.69 Å². The minimum atomic E-state index is -0.557. The molecular weight excluding hydrogens is 428 g/mol. The van der Waals surface area contributed by atoms with Gasteiger partial charge in [-0.15, -0.1) is 0 Å². The Morgan fingerprint density at radius 1 is 1.03 bits per heavy atom. The first-order chi connectivity index (χ1) is 16.1. The Kier molecular flexibility index (Phi) is 6.43. The normalized spacial score (nSPS) is 13.4. The van der Waals surface area contributed by atoms with E-state index in [0.717, 1.165) is 5.82 Å². The van der Waals surface area contributed by atoms with Crippen molar-refractivity contribution in [3.05, 3.63) is 70.7 Å². The fraction of sp³-hybridized carbons (Fsp3) is 0.238. The molecular formula is C21H22N8O4. The number of ether oxygens (including phenoxy) is 1. The van der Waals surface area contributed by atoms with Gasteiger partial charge in [-0.25, -0.2) is 15.0 Å². The lowest BCUT2D eigenvalue weighted by Crippen LogP contribution is -2.47. The molecule has 170 valence electrons. The molecule has 3 aromatic rings. The highest BCUT2D eigenvalue weighted by molar-refractivity contribution is 5.97. The van der Waals surface area contributed by atoms with E-state index in [1.54, 1.807) is 30.5 Å². The van der Waals surface area contributed by atoms with E-state index in [2.05, 4.69) is 30.7 Å². The highest BCUT2D eigenvalue weighted by Gasteiger charge is 2.30. The van der Waals surface area contributed by atoms with Crippen LogP contribution < -0.4 is 25.4 Å². The molecule has 2 N–H and O–H groups in total. The summed E-state index contributed by atoms with van der Waals surface area (Å²) in [6.07, 6.45) is 2.96. The summed E-state index contributed by atoms with van der Waals surface area (Å²) in [5.41, 5.74) is 4.97. The van der Waals surface area contributed by atoms with Crippen molar-refractivity contribution in [2.45, 2.75) is 0 Å². The van der Waals surface area contributed by atoms with Crippen molar-refractivity contribution in [2.75, 3.05) is 48.5 Å². The fourth-order valence-corrected chi connectivity index (χ4v) is 3.56. The van der Waals surface area contributed by atoms with Crippen LogP contribution in [0.5, 0.6) is 5.75 Å². The summed E-state index contributed by atoms with van der Waals surface area (Å²) in [6.45, 7) is 2.29. The van der Waals surface area contributed by atoms with Crippen LogP contribution >= 0.6 is 0 Å². The lowest BCUT2D eigenvalue weighted by atomic mass is 10.2. The lowest BCUT2D eigenvalue weighted by molar-refractivity contribution is -0.383. The summed E-state index contributed by atoms with van der Waals surface area (Å²) >= 11 is 0. The number of hydrazine groups is 1. The van der Waals surface area contributed by atoms with Gasteiger partial charge in [0.15, 0.2) is 0 Å². The van der Waals surface area contributed by atoms with Crippen molar-refractivity contribution < 1.29 is 14.5 Å². The number of aromatic nitrogens is 3. The quantitative estimate of drug-likeness (QED) is 0.405. The second-order valence-corrected chi connectivity index (χ2v) is 7.09. The fourth-order valence-electron chi connectivity index (χ4n) is 3.56. The molecule has 1 amide bonds. The van der Waals surface area contributed by atoms with E-state index in [1.807, 2.05) is 23.1 Å². The van der Waals surface area contributed by atoms with Crippen LogP contribution in [-0.4, -0.2) is 59.1 Å². The molecule has 1 aliphatic heterocycles. The second kappa shape index (κ2) is 9.77. The molecule has 0 saturated carbocycles. The average molecular weight is 450 g/mol. The third kappa shape index (κ3) is 4.74. The molecule has 0 unspecified atom stereocenters. The first kappa shape index (κ1) is 21.7. The van der Waals surface area contributed by atoms with Gasteiger partial charge in [0, 0.05) is 32.4 Å². The van der Waals surface area contributed by atoms with E-state index < -0.39 is 10.8 Å². The molecule has 1 aliphatic rings. The van der Waals surface area contributed by atoms with Crippen LogP contribution in [0, 0.1) is 10.1 Å². The molecule has 0 bridgehead atoms. The van der Waals surface area contributed by atoms with Crippen molar-refractivity contribution in [1.82, 2.24) is 20.4 Å². The van der Waals surface area contributed by atoms with Crippen LogP contribution in [-0.2, 0) is 0 Å². The van der Waals surface area contributed by atoms with Gasteiger partial charge in [0.2, 0.25) is 11.6 Å². The molecule has 4 rings (SSSR count). The average Bonchev–Trinajstić information content (AvgIpc) is 2.87. The third-order valence-electron chi connectivity index (χ3n) is 5.18. The molecule has 33 heavy (non-hydrogen) atoms. The molecule has 0 atom stereocenters. The summed E-state index contributed by atoms with van der Waals surface area (Å²) < 4.78 is 5.18. The van der Waals surface area contributed by atoms with Crippen LogP contribution in [0.25, 0.3) is 0 Å². The zero-order chi connectivity index (χ0) is 23.2. The number of hydrogen-bond donors (Lipinski definition) is 2. The standard InChI is InChI=1S/C21H22N8O4/c1-33-16-7-3-2-6-15(16)21(30)26-25-19-18(29(31)32)20(24-14-23-19)28-12-10-27(11-13-28)17-8-4-5-9-22-17/h2-9,14H,10-13H2,1H3,(H,26,30)(H,23,24,25). The molecule has 1 saturated heterocycles. The number of carbonyl (C=O) groups is 1. The predicted octanol–water partition coefficient (Wildman–Crippen LogP) is 1.87. The van der Waals surface area contributed by atoms with Crippen molar-refractivity contribution >= 4 is 29.0 Å². The minimum absolute atomic E-state index is 0.111. The number of nitrogens with one attached hydrogen (secondary N) is 2. The third-order valence-corrected chi connectivity index (χ3v) is 5.18. The van der Waals surface area contributed by atoms with E-state index in [1.165, 1.54) is 13.4 Å². The van der Waals surface area contributed by atoms with Gasteiger partial charge in [0.25, 0.3) is 5.91 Å². The summed E-state index contributed by atoms with van der Waals surface area (Å²) in [5.74, 6) is 0.784. The summed E-state index contributed by atoms with van der Waals surface area (Å²) in [5, 5.41) is 11.9. The van der Waals surface area contributed by atoms with Gasteiger partial charge in [-0.1, -0.05) is 18.2 Å². The van der Waals surface area contributed by atoms with Gasteiger partial charge < -0.3 is 14.5 Å².